The largest absolute Gasteiger partial charge is 0.378 e. The monoisotopic (exact) mass is 284 g/mol. The van der Waals surface area contributed by atoms with Gasteiger partial charge in [0, 0.05) is 18.1 Å². The Bertz CT molecular complexity index is 726. The molecule has 21 heavy (non-hydrogen) atoms. The molecule has 1 fully saturated rings. The number of anilines is 1. The maximum absolute atomic E-state index is 9.20. The topological polar surface area (TPSA) is 76.9 Å². The van der Waals surface area contributed by atoms with Gasteiger partial charge >= 0.3 is 0 Å². The minimum absolute atomic E-state index is 0.000405. The summed E-state index contributed by atoms with van der Waals surface area (Å²) in [5.41, 5.74) is 8.31. The number of hydrogen-bond acceptors (Lipinski definition) is 4. The van der Waals surface area contributed by atoms with E-state index in [-0.39, 0.29) is 17.6 Å². The van der Waals surface area contributed by atoms with Gasteiger partial charge in [-0.2, -0.15) is 5.26 Å². The van der Waals surface area contributed by atoms with Gasteiger partial charge in [-0.25, -0.2) is 4.98 Å². The lowest BCUT2D eigenvalue weighted by Gasteiger charge is -2.52. The lowest BCUT2D eigenvalue weighted by atomic mass is 9.64. The molecule has 0 radical (unpaired) electrons. The van der Waals surface area contributed by atoms with E-state index in [1.54, 1.807) is 6.07 Å². The molecule has 1 heterocycles. The Hall–Kier alpha value is -2.06. The molecule has 1 aromatic heterocycles. The number of imidazole rings is 1. The minimum Gasteiger partial charge on any atom is -0.378 e. The molecule has 0 saturated heterocycles. The summed E-state index contributed by atoms with van der Waals surface area (Å²) in [5, 5.41) is 9.20. The van der Waals surface area contributed by atoms with Crippen LogP contribution in [0.2, 0.25) is 0 Å². The van der Waals surface area contributed by atoms with Crippen molar-refractivity contribution in [1.29, 1.82) is 5.26 Å². The molecule has 3 rings (SSSR count). The van der Waals surface area contributed by atoms with Crippen LogP contribution in [0.1, 0.15) is 38.8 Å². The lowest BCUT2D eigenvalue weighted by Crippen LogP contribution is -2.51. The molecule has 2 atom stereocenters. The van der Waals surface area contributed by atoms with Gasteiger partial charge in [0.05, 0.1) is 17.2 Å². The van der Waals surface area contributed by atoms with E-state index in [1.807, 2.05) is 19.1 Å². The molecule has 110 valence electrons. The van der Waals surface area contributed by atoms with Gasteiger partial charge in [0.25, 0.3) is 0 Å². The number of para-hydroxylation sites is 1. The summed E-state index contributed by atoms with van der Waals surface area (Å²) < 4.78 is 7.85. The second kappa shape index (κ2) is 4.74. The highest BCUT2D eigenvalue weighted by Crippen LogP contribution is 2.52. The fourth-order valence-electron chi connectivity index (χ4n) is 3.34. The molecule has 0 spiro atoms. The maximum atomic E-state index is 9.20. The van der Waals surface area contributed by atoms with Crippen LogP contribution in [0.4, 0.5) is 5.95 Å². The average molecular weight is 284 g/mol. The third-order valence-electron chi connectivity index (χ3n) is 4.67. The highest BCUT2D eigenvalue weighted by Gasteiger charge is 2.50. The van der Waals surface area contributed by atoms with Crippen molar-refractivity contribution in [3.8, 4) is 6.07 Å². The summed E-state index contributed by atoms with van der Waals surface area (Å²) in [4.78, 5) is 4.40. The Balaban J connectivity index is 2.07. The summed E-state index contributed by atoms with van der Waals surface area (Å²) in [7, 11) is 0. The third-order valence-corrected chi connectivity index (χ3v) is 4.67. The molecular weight excluding hydrogens is 264 g/mol. The van der Waals surface area contributed by atoms with Crippen molar-refractivity contribution in [1.82, 2.24) is 9.55 Å². The first-order valence-corrected chi connectivity index (χ1v) is 7.28. The highest BCUT2D eigenvalue weighted by molar-refractivity contribution is 5.84. The van der Waals surface area contributed by atoms with Gasteiger partial charge in [-0.1, -0.05) is 19.9 Å². The Morgan fingerprint density at radius 3 is 2.90 bits per heavy atom. The van der Waals surface area contributed by atoms with Crippen LogP contribution in [-0.2, 0) is 4.74 Å². The van der Waals surface area contributed by atoms with Gasteiger partial charge in [-0.05, 0) is 25.5 Å². The zero-order chi connectivity index (χ0) is 15.2. The van der Waals surface area contributed by atoms with Crippen LogP contribution in [0.3, 0.4) is 0 Å². The third kappa shape index (κ3) is 1.90. The van der Waals surface area contributed by atoms with Crippen molar-refractivity contribution in [3.63, 3.8) is 0 Å². The molecule has 2 aromatic rings. The Morgan fingerprint density at radius 1 is 1.52 bits per heavy atom. The fourth-order valence-corrected chi connectivity index (χ4v) is 3.34. The van der Waals surface area contributed by atoms with Crippen LogP contribution in [-0.4, -0.2) is 22.3 Å². The first kappa shape index (κ1) is 13.9. The Labute approximate surface area is 124 Å². The second-order valence-corrected chi connectivity index (χ2v) is 6.14. The molecule has 0 aliphatic heterocycles. The van der Waals surface area contributed by atoms with E-state index in [0.717, 1.165) is 18.5 Å². The van der Waals surface area contributed by atoms with Crippen LogP contribution < -0.4 is 5.73 Å². The molecule has 1 aromatic carbocycles. The summed E-state index contributed by atoms with van der Waals surface area (Å²) in [6.45, 7) is 7.13. The van der Waals surface area contributed by atoms with Gasteiger partial charge in [0.1, 0.15) is 11.6 Å². The number of nitrogens with zero attached hydrogens (tertiary/aromatic N) is 3. The number of rotatable bonds is 3. The number of nitriles is 1. The number of nitrogen functional groups attached to an aromatic ring is 1. The SMILES string of the molecule is CCOC1CC(n2c(N)nc3c(C#N)cccc32)C1(C)C. The van der Waals surface area contributed by atoms with Crippen LogP contribution in [0.25, 0.3) is 11.0 Å². The molecule has 5 heteroatoms. The van der Waals surface area contributed by atoms with Crippen molar-refractivity contribution in [2.24, 2.45) is 5.41 Å². The van der Waals surface area contributed by atoms with Gasteiger partial charge in [0.2, 0.25) is 5.95 Å². The molecule has 1 saturated carbocycles. The average Bonchev–Trinajstić information content (AvgIpc) is 2.79. The summed E-state index contributed by atoms with van der Waals surface area (Å²) in [6, 6.07) is 8.05. The smallest absolute Gasteiger partial charge is 0.201 e. The van der Waals surface area contributed by atoms with Gasteiger partial charge in [0.15, 0.2) is 0 Å². The number of aromatic nitrogens is 2. The van der Waals surface area contributed by atoms with E-state index in [2.05, 4.69) is 29.5 Å². The quantitative estimate of drug-likeness (QED) is 0.940. The van der Waals surface area contributed by atoms with E-state index < -0.39 is 0 Å². The molecule has 1 aliphatic rings. The molecule has 2 N–H and O–H groups in total. The normalized spacial score (nSPS) is 23.7. The van der Waals surface area contributed by atoms with Gasteiger partial charge < -0.3 is 15.0 Å². The van der Waals surface area contributed by atoms with Crippen LogP contribution in [0, 0.1) is 16.7 Å². The molecule has 0 bridgehead atoms. The van der Waals surface area contributed by atoms with E-state index in [0.29, 0.717) is 17.0 Å². The number of hydrogen-bond donors (Lipinski definition) is 1. The molecule has 0 amide bonds. The first-order chi connectivity index (χ1) is 10.0. The number of fused-ring (bicyclic) bond motifs is 1. The fraction of sp³-hybridized carbons (Fsp3) is 0.500. The van der Waals surface area contributed by atoms with E-state index in [4.69, 9.17) is 10.5 Å². The minimum atomic E-state index is 0.000405. The van der Waals surface area contributed by atoms with Crippen molar-refractivity contribution in [2.75, 3.05) is 12.3 Å². The zero-order valence-electron chi connectivity index (χ0n) is 12.6. The highest BCUT2D eigenvalue weighted by atomic mass is 16.5. The van der Waals surface area contributed by atoms with Gasteiger partial charge in [-0.15, -0.1) is 0 Å². The van der Waals surface area contributed by atoms with Crippen molar-refractivity contribution in [3.05, 3.63) is 23.8 Å². The second-order valence-electron chi connectivity index (χ2n) is 6.14. The summed E-state index contributed by atoms with van der Waals surface area (Å²) >= 11 is 0. The summed E-state index contributed by atoms with van der Waals surface area (Å²) in [6.07, 6.45) is 1.16. The predicted octanol–water partition coefficient (Wildman–Crippen LogP) is 2.87. The Kier molecular flexibility index (Phi) is 3.14. The predicted molar refractivity (Wildman–Crippen MR) is 81.7 cm³/mol. The van der Waals surface area contributed by atoms with Crippen LogP contribution in [0.15, 0.2) is 18.2 Å². The van der Waals surface area contributed by atoms with E-state index in [9.17, 15) is 5.26 Å². The molecule has 2 unspecified atom stereocenters. The van der Waals surface area contributed by atoms with Gasteiger partial charge in [-0.3, -0.25) is 0 Å². The van der Waals surface area contributed by atoms with Crippen molar-refractivity contribution >= 4 is 17.0 Å². The van der Waals surface area contributed by atoms with Crippen molar-refractivity contribution in [2.45, 2.75) is 39.3 Å². The standard InChI is InChI=1S/C16H20N4O/c1-4-21-13-8-12(16(13,2)3)20-11-7-5-6-10(9-17)14(11)19-15(20)18/h5-7,12-13H,4,8H2,1-3H3,(H2,18,19). The van der Waals surface area contributed by atoms with E-state index in [1.165, 1.54) is 0 Å². The van der Waals surface area contributed by atoms with E-state index >= 15 is 0 Å². The molecule has 1 aliphatic carbocycles. The van der Waals surface area contributed by atoms with Crippen LogP contribution in [0.5, 0.6) is 0 Å². The number of ether oxygens (including phenoxy) is 1. The first-order valence-electron chi connectivity index (χ1n) is 7.28. The van der Waals surface area contributed by atoms with Crippen molar-refractivity contribution < 1.29 is 4.74 Å². The molecular formula is C16H20N4O. The Morgan fingerprint density at radius 2 is 2.29 bits per heavy atom. The summed E-state index contributed by atoms with van der Waals surface area (Å²) in [5.74, 6) is 0.473. The van der Waals surface area contributed by atoms with Crippen LogP contribution >= 0.6 is 0 Å². The maximum Gasteiger partial charge on any atom is 0.201 e. The molecule has 5 nitrogen and oxygen atoms in total. The number of benzene rings is 1. The number of nitrogens with two attached hydrogens (primary N) is 1. The lowest BCUT2D eigenvalue weighted by molar-refractivity contribution is -0.126. The zero-order valence-corrected chi connectivity index (χ0v) is 12.6.